The first kappa shape index (κ1) is 12.8. The van der Waals surface area contributed by atoms with E-state index >= 15 is 0 Å². The number of likely N-dealkylation sites (tertiary alicyclic amines) is 1. The Morgan fingerprint density at radius 1 is 1.61 bits per heavy atom. The number of carboxylic acid groups (broad SMARTS) is 1. The molecule has 1 aromatic carbocycles. The van der Waals surface area contributed by atoms with Gasteiger partial charge in [-0.2, -0.15) is 0 Å². The number of hydrogen-bond acceptors (Lipinski definition) is 3. The van der Waals surface area contributed by atoms with Crippen molar-refractivity contribution >= 4 is 5.97 Å². The van der Waals surface area contributed by atoms with Gasteiger partial charge in [0.1, 0.15) is 6.61 Å². The summed E-state index contributed by atoms with van der Waals surface area (Å²) < 4.78 is 19.0. The summed E-state index contributed by atoms with van der Waals surface area (Å²) in [6.07, 6.45) is 2.18. The summed E-state index contributed by atoms with van der Waals surface area (Å²) in [7, 11) is 2.02. The van der Waals surface area contributed by atoms with Crippen molar-refractivity contribution < 1.29 is 19.0 Å². The van der Waals surface area contributed by atoms with E-state index in [0.29, 0.717) is 12.6 Å². The molecule has 0 radical (unpaired) electrons. The number of nitrogens with zero attached hydrogens (tertiary/aromatic N) is 1. The molecular formula is C13H16FNO3. The highest BCUT2D eigenvalue weighted by molar-refractivity contribution is 5.87. The fraction of sp³-hybridized carbons (Fsp3) is 0.462. The standard InChI is InChI=1S/C13H16FNO3/c1-15-6-2-3-10(15)8-18-12-5-4-9(13(16)17)7-11(12)14/h4-5,7,10H,2-3,6,8H2,1H3,(H,16,17). The summed E-state index contributed by atoms with van der Waals surface area (Å²) in [5.74, 6) is -1.66. The molecule has 0 aliphatic carbocycles. The predicted molar refractivity (Wildman–Crippen MR) is 64.5 cm³/mol. The predicted octanol–water partition coefficient (Wildman–Crippen LogP) is 2.00. The number of benzene rings is 1. The molecule has 1 N–H and O–H groups in total. The Bertz CT molecular complexity index is 450. The van der Waals surface area contributed by atoms with E-state index in [1.165, 1.54) is 12.1 Å². The first-order valence-corrected chi connectivity index (χ1v) is 5.94. The van der Waals surface area contributed by atoms with E-state index < -0.39 is 11.8 Å². The van der Waals surface area contributed by atoms with E-state index in [2.05, 4.69) is 4.90 Å². The highest BCUT2D eigenvalue weighted by Crippen LogP contribution is 2.21. The lowest BCUT2D eigenvalue weighted by molar-refractivity contribution is 0.0696. The number of ether oxygens (including phenoxy) is 1. The molecule has 0 bridgehead atoms. The van der Waals surface area contributed by atoms with Crippen LogP contribution in [0.4, 0.5) is 4.39 Å². The number of carboxylic acids is 1. The zero-order valence-corrected chi connectivity index (χ0v) is 10.2. The van der Waals surface area contributed by atoms with Crippen LogP contribution in [0, 0.1) is 5.82 Å². The number of hydrogen-bond donors (Lipinski definition) is 1. The first-order valence-electron chi connectivity index (χ1n) is 5.94. The second-order valence-electron chi connectivity index (χ2n) is 4.54. The van der Waals surface area contributed by atoms with Crippen LogP contribution in [0.2, 0.25) is 0 Å². The SMILES string of the molecule is CN1CCCC1COc1ccc(C(=O)O)cc1F. The first-order chi connectivity index (χ1) is 8.58. The van der Waals surface area contributed by atoms with Gasteiger partial charge in [-0.25, -0.2) is 9.18 Å². The molecule has 0 amide bonds. The number of halogens is 1. The van der Waals surface area contributed by atoms with Crippen LogP contribution < -0.4 is 4.74 Å². The van der Waals surface area contributed by atoms with Gasteiger partial charge in [0, 0.05) is 6.04 Å². The smallest absolute Gasteiger partial charge is 0.335 e. The summed E-state index contributed by atoms with van der Waals surface area (Å²) >= 11 is 0. The molecule has 98 valence electrons. The van der Waals surface area contributed by atoms with Crippen LogP contribution in [0.1, 0.15) is 23.2 Å². The van der Waals surface area contributed by atoms with E-state index in [0.717, 1.165) is 25.5 Å². The lowest BCUT2D eigenvalue weighted by Crippen LogP contribution is -2.30. The third-order valence-corrected chi connectivity index (χ3v) is 3.28. The molecule has 1 aromatic rings. The van der Waals surface area contributed by atoms with Crippen LogP contribution in [0.15, 0.2) is 18.2 Å². The van der Waals surface area contributed by atoms with E-state index in [1.807, 2.05) is 7.05 Å². The number of carbonyl (C=O) groups is 1. The van der Waals surface area contributed by atoms with Gasteiger partial charge in [-0.15, -0.1) is 0 Å². The summed E-state index contributed by atoms with van der Waals surface area (Å²) in [6.45, 7) is 1.47. The van der Waals surface area contributed by atoms with E-state index in [-0.39, 0.29) is 11.3 Å². The molecule has 2 rings (SSSR count). The monoisotopic (exact) mass is 253 g/mol. The maximum atomic E-state index is 13.6. The number of likely N-dealkylation sites (N-methyl/N-ethyl adjacent to an activating group) is 1. The van der Waals surface area contributed by atoms with Gasteiger partial charge in [-0.3, -0.25) is 0 Å². The van der Waals surface area contributed by atoms with Crippen molar-refractivity contribution in [3.05, 3.63) is 29.6 Å². The Kier molecular flexibility index (Phi) is 3.81. The van der Waals surface area contributed by atoms with Crippen LogP contribution in [0.25, 0.3) is 0 Å². The summed E-state index contributed by atoms with van der Waals surface area (Å²) in [4.78, 5) is 12.8. The summed E-state index contributed by atoms with van der Waals surface area (Å²) in [6, 6.07) is 4.01. The minimum Gasteiger partial charge on any atom is -0.489 e. The maximum absolute atomic E-state index is 13.6. The van der Waals surface area contributed by atoms with Crippen molar-refractivity contribution in [2.45, 2.75) is 18.9 Å². The molecule has 5 heteroatoms. The van der Waals surface area contributed by atoms with Crippen molar-refractivity contribution in [2.24, 2.45) is 0 Å². The molecule has 1 unspecified atom stereocenters. The molecule has 1 atom stereocenters. The van der Waals surface area contributed by atoms with Crippen LogP contribution in [-0.4, -0.2) is 42.2 Å². The molecular weight excluding hydrogens is 237 g/mol. The zero-order valence-electron chi connectivity index (χ0n) is 10.2. The average molecular weight is 253 g/mol. The maximum Gasteiger partial charge on any atom is 0.335 e. The van der Waals surface area contributed by atoms with Gasteiger partial charge in [0.15, 0.2) is 11.6 Å². The van der Waals surface area contributed by atoms with E-state index in [4.69, 9.17) is 9.84 Å². The van der Waals surface area contributed by atoms with Crippen molar-refractivity contribution in [3.8, 4) is 5.75 Å². The van der Waals surface area contributed by atoms with Gasteiger partial charge in [0.05, 0.1) is 5.56 Å². The third kappa shape index (κ3) is 2.79. The highest BCUT2D eigenvalue weighted by atomic mass is 19.1. The Hall–Kier alpha value is -1.62. The normalized spacial score (nSPS) is 20.0. The quantitative estimate of drug-likeness (QED) is 0.891. The highest BCUT2D eigenvalue weighted by Gasteiger charge is 2.21. The molecule has 4 nitrogen and oxygen atoms in total. The second kappa shape index (κ2) is 5.35. The molecule has 1 saturated heterocycles. The van der Waals surface area contributed by atoms with Crippen LogP contribution in [-0.2, 0) is 0 Å². The Labute approximate surface area is 105 Å². The third-order valence-electron chi connectivity index (χ3n) is 3.28. The number of aromatic carboxylic acids is 1. The molecule has 1 heterocycles. The number of rotatable bonds is 4. The average Bonchev–Trinajstić information content (AvgIpc) is 2.73. The summed E-state index contributed by atoms with van der Waals surface area (Å²) in [5, 5.41) is 8.72. The van der Waals surface area contributed by atoms with Gasteiger partial charge < -0.3 is 14.7 Å². The van der Waals surface area contributed by atoms with Crippen molar-refractivity contribution in [1.29, 1.82) is 0 Å². The fourth-order valence-corrected chi connectivity index (χ4v) is 2.13. The molecule has 1 fully saturated rings. The second-order valence-corrected chi connectivity index (χ2v) is 4.54. The van der Waals surface area contributed by atoms with Crippen molar-refractivity contribution in [2.75, 3.05) is 20.2 Å². The van der Waals surface area contributed by atoms with E-state index in [1.54, 1.807) is 0 Å². The van der Waals surface area contributed by atoms with Crippen molar-refractivity contribution in [1.82, 2.24) is 4.90 Å². The molecule has 1 aliphatic heterocycles. The minimum atomic E-state index is -1.14. The van der Waals surface area contributed by atoms with Crippen LogP contribution >= 0.6 is 0 Å². The zero-order chi connectivity index (χ0) is 13.1. The molecule has 18 heavy (non-hydrogen) atoms. The molecule has 0 saturated carbocycles. The minimum absolute atomic E-state index is 0.0714. The van der Waals surface area contributed by atoms with Gasteiger partial charge in [0.25, 0.3) is 0 Å². The fourth-order valence-electron chi connectivity index (χ4n) is 2.13. The molecule has 0 spiro atoms. The van der Waals surface area contributed by atoms with Gasteiger partial charge in [0.2, 0.25) is 0 Å². The largest absolute Gasteiger partial charge is 0.489 e. The van der Waals surface area contributed by atoms with Crippen LogP contribution in [0.5, 0.6) is 5.75 Å². The summed E-state index contributed by atoms with van der Waals surface area (Å²) in [5.41, 5.74) is -0.0714. The van der Waals surface area contributed by atoms with Gasteiger partial charge in [-0.05, 0) is 44.6 Å². The molecule has 0 aromatic heterocycles. The van der Waals surface area contributed by atoms with Gasteiger partial charge in [-0.1, -0.05) is 0 Å². The van der Waals surface area contributed by atoms with E-state index in [9.17, 15) is 9.18 Å². The topological polar surface area (TPSA) is 49.8 Å². The Balaban J connectivity index is 1.99. The molecule has 1 aliphatic rings. The Morgan fingerprint density at radius 3 is 2.94 bits per heavy atom. The lowest BCUT2D eigenvalue weighted by Gasteiger charge is -2.19. The Morgan fingerprint density at radius 2 is 2.39 bits per heavy atom. The van der Waals surface area contributed by atoms with Crippen molar-refractivity contribution in [3.63, 3.8) is 0 Å². The lowest BCUT2D eigenvalue weighted by atomic mass is 10.2. The van der Waals surface area contributed by atoms with Gasteiger partial charge >= 0.3 is 5.97 Å². The van der Waals surface area contributed by atoms with Crippen LogP contribution in [0.3, 0.4) is 0 Å².